The van der Waals surface area contributed by atoms with E-state index in [1.54, 1.807) is 4.90 Å². The Kier molecular flexibility index (Phi) is 8.85. The fraction of sp³-hybridized carbons (Fsp3) is 0.611. The van der Waals surface area contributed by atoms with Crippen LogP contribution in [0.15, 0.2) is 26.8 Å². The third kappa shape index (κ3) is 6.34. The van der Waals surface area contributed by atoms with Gasteiger partial charge in [0.1, 0.15) is 11.2 Å². The Hall–Kier alpha value is -2.49. The molecule has 1 aromatic heterocycles. The number of aromatic nitrogens is 2. The van der Waals surface area contributed by atoms with Crippen LogP contribution in [0.2, 0.25) is 0 Å². The number of alkyl halides is 5. The lowest BCUT2D eigenvalue weighted by atomic mass is 9.95. The summed E-state index contributed by atoms with van der Waals surface area (Å²) in [6, 6.07) is -0.536. The second-order valence-corrected chi connectivity index (χ2v) is 9.85. The van der Waals surface area contributed by atoms with Gasteiger partial charge in [0.25, 0.3) is 0 Å². The molecule has 1 saturated heterocycles. The molecule has 190 valence electrons. The van der Waals surface area contributed by atoms with E-state index >= 15 is 0 Å². The smallest absolute Gasteiger partial charge is 0.365 e. The van der Waals surface area contributed by atoms with Gasteiger partial charge in [-0.05, 0) is 45.6 Å². The number of halogens is 5. The van der Waals surface area contributed by atoms with Gasteiger partial charge >= 0.3 is 21.5 Å². The Labute approximate surface area is 196 Å². The maximum atomic E-state index is 13.7. The number of ketones is 1. The van der Waals surface area contributed by atoms with Crippen molar-refractivity contribution in [1.29, 1.82) is 0 Å². The van der Waals surface area contributed by atoms with Crippen molar-refractivity contribution in [3.05, 3.63) is 17.3 Å². The van der Waals surface area contributed by atoms with E-state index in [9.17, 15) is 35.2 Å². The average Bonchev–Trinajstić information content (AvgIpc) is 3.25. The number of nitrogens with zero attached hydrogens (tertiary/aromatic N) is 5. The fourth-order valence-electron chi connectivity index (χ4n) is 3.19. The Balaban J connectivity index is 2.61. The van der Waals surface area contributed by atoms with Crippen molar-refractivity contribution in [1.82, 2.24) is 15.1 Å². The predicted octanol–water partition coefficient (Wildman–Crippen LogP) is 3.99. The Morgan fingerprint density at radius 1 is 1.32 bits per heavy atom. The van der Waals surface area contributed by atoms with Gasteiger partial charge in [0.2, 0.25) is 5.13 Å². The van der Waals surface area contributed by atoms with Crippen LogP contribution < -0.4 is 5.43 Å². The van der Waals surface area contributed by atoms with Crippen LogP contribution in [0.25, 0.3) is 0 Å². The summed E-state index contributed by atoms with van der Waals surface area (Å²) < 4.78 is 92.6. The zero-order valence-corrected chi connectivity index (χ0v) is 20.1. The zero-order chi connectivity index (χ0) is 25.7. The van der Waals surface area contributed by atoms with E-state index in [0.29, 0.717) is 37.9 Å². The molecule has 2 heterocycles. The monoisotopic (exact) mass is 530 g/mol. The molecule has 1 unspecified atom stereocenters. The number of carbonyl (C=O) groups is 1. The quantitative estimate of drug-likeness (QED) is 0.292. The highest BCUT2D eigenvalue weighted by atomic mass is 32.2. The lowest BCUT2D eigenvalue weighted by molar-refractivity contribution is -0.241. The highest BCUT2D eigenvalue weighted by molar-refractivity contribution is 7.91. The molecule has 1 atom stereocenters. The molecule has 16 heteroatoms. The van der Waals surface area contributed by atoms with Crippen LogP contribution in [0.4, 0.5) is 27.1 Å². The predicted molar refractivity (Wildman–Crippen MR) is 117 cm³/mol. The molecule has 1 N–H and O–H groups in total. The highest BCUT2D eigenvalue weighted by Gasteiger charge is 2.67. The molecule has 0 aliphatic carbocycles. The van der Waals surface area contributed by atoms with Crippen LogP contribution in [0.1, 0.15) is 46.5 Å². The topological polar surface area (TPSA) is 117 Å². The number of hydrogen-bond donors (Lipinski definition) is 1. The minimum atomic E-state index is -6.38. The number of hydrogen-bond acceptors (Lipinski definition) is 9. The normalized spacial score (nSPS) is 20.1. The molecule has 0 spiro atoms. The number of Topliss-reactive ketones (excluding diaryl/α,β-unsaturated/α-hetero) is 1. The zero-order valence-electron chi connectivity index (χ0n) is 18.4. The van der Waals surface area contributed by atoms with Gasteiger partial charge in [0.15, 0.2) is 5.78 Å². The number of hydrazone groups is 1. The summed E-state index contributed by atoms with van der Waals surface area (Å²) >= 11 is 1.02. The second kappa shape index (κ2) is 10.8. The SMILES string of the molecule is CCCN1/C(=C/C(=NS(=O)(=O)C(F)(F)C(F)(F)F)C(C)=NNc2nncs2)CCCC1C(C)=O. The average molecular weight is 531 g/mol. The molecular formula is C18H23F5N6O3S2. The van der Waals surface area contributed by atoms with Gasteiger partial charge in [-0.25, -0.2) is 0 Å². The molecule has 0 amide bonds. The molecule has 0 radical (unpaired) electrons. The van der Waals surface area contributed by atoms with Crippen molar-refractivity contribution >= 4 is 43.7 Å². The van der Waals surface area contributed by atoms with Crippen LogP contribution in [0.5, 0.6) is 0 Å². The van der Waals surface area contributed by atoms with Crippen molar-refractivity contribution in [2.45, 2.75) is 63.9 Å². The van der Waals surface area contributed by atoms with Crippen LogP contribution in [-0.4, -0.2) is 64.7 Å². The molecule has 34 heavy (non-hydrogen) atoms. The first kappa shape index (κ1) is 27.8. The standard InChI is InChI=1S/C18H23F5N6O3S2/c1-4-8-29-13(6-5-7-15(29)12(3)30)9-14(11(2)25-27-16-26-24-10-33-16)28-34(31,32)18(22,23)17(19,20)21/h9-10,15H,4-8H2,1-3H3,(H,26,27)/b13-9+,25-11?,28-14?. The van der Waals surface area contributed by atoms with E-state index < -0.39 is 33.2 Å². The van der Waals surface area contributed by atoms with Crippen molar-refractivity contribution in [2.24, 2.45) is 9.50 Å². The number of carbonyl (C=O) groups excluding carboxylic acids is 1. The van der Waals surface area contributed by atoms with Gasteiger partial charge in [0.05, 0.1) is 11.8 Å². The molecule has 2 rings (SSSR count). The van der Waals surface area contributed by atoms with Gasteiger partial charge in [-0.1, -0.05) is 18.3 Å². The molecule has 9 nitrogen and oxygen atoms in total. The minimum Gasteiger partial charge on any atom is -0.365 e. The number of likely N-dealkylation sites (tertiary alicyclic amines) is 1. The molecule has 0 aromatic carbocycles. The van der Waals surface area contributed by atoms with Crippen molar-refractivity contribution in [3.63, 3.8) is 0 Å². The molecule has 0 saturated carbocycles. The molecular weight excluding hydrogens is 507 g/mol. The number of piperidine rings is 1. The Bertz CT molecular complexity index is 1070. The first-order valence-corrected chi connectivity index (χ1v) is 12.4. The van der Waals surface area contributed by atoms with Crippen LogP contribution >= 0.6 is 11.3 Å². The first-order chi connectivity index (χ1) is 15.7. The summed E-state index contributed by atoms with van der Waals surface area (Å²) in [6.45, 7) is 4.79. The molecule has 1 aliphatic rings. The molecule has 1 aliphatic heterocycles. The van der Waals surface area contributed by atoms with Gasteiger partial charge in [-0.15, -0.1) is 10.2 Å². The summed E-state index contributed by atoms with van der Waals surface area (Å²) in [7, 11) is -6.38. The lowest BCUT2D eigenvalue weighted by Gasteiger charge is -2.38. The highest BCUT2D eigenvalue weighted by Crippen LogP contribution is 2.41. The Morgan fingerprint density at radius 2 is 2.00 bits per heavy atom. The van der Waals surface area contributed by atoms with Gasteiger partial charge in [0, 0.05) is 12.2 Å². The van der Waals surface area contributed by atoms with Crippen LogP contribution in [-0.2, 0) is 14.8 Å². The minimum absolute atomic E-state index is 0.155. The third-order valence-corrected chi connectivity index (χ3v) is 6.73. The number of anilines is 1. The summed E-state index contributed by atoms with van der Waals surface area (Å²) in [5.74, 6) is -0.155. The molecule has 0 bridgehead atoms. The summed E-state index contributed by atoms with van der Waals surface area (Å²) in [5, 5.41) is 5.04. The lowest BCUT2D eigenvalue weighted by Crippen LogP contribution is -2.44. The first-order valence-electron chi connectivity index (χ1n) is 10.0. The van der Waals surface area contributed by atoms with Gasteiger partial charge in [-0.2, -0.15) is 39.9 Å². The number of nitrogens with one attached hydrogen (secondary N) is 1. The van der Waals surface area contributed by atoms with Crippen molar-refractivity contribution in [3.8, 4) is 0 Å². The van der Waals surface area contributed by atoms with E-state index in [0.717, 1.165) is 17.4 Å². The van der Waals surface area contributed by atoms with Crippen molar-refractivity contribution in [2.75, 3.05) is 12.0 Å². The second-order valence-electron chi connectivity index (χ2n) is 7.37. The molecule has 1 aromatic rings. The van der Waals surface area contributed by atoms with Crippen molar-refractivity contribution < 1.29 is 35.2 Å². The number of allylic oxidation sites excluding steroid dienone is 2. The number of rotatable bonds is 9. The third-order valence-electron chi connectivity index (χ3n) is 4.82. The summed E-state index contributed by atoms with van der Waals surface area (Å²) in [4.78, 5) is 13.8. The van der Waals surface area contributed by atoms with Crippen LogP contribution in [0, 0.1) is 0 Å². The Morgan fingerprint density at radius 3 is 2.53 bits per heavy atom. The maximum Gasteiger partial charge on any atom is 0.471 e. The summed E-state index contributed by atoms with van der Waals surface area (Å²) in [5.41, 5.74) is 3.11. The number of sulfonamides is 1. The largest absolute Gasteiger partial charge is 0.471 e. The fourth-order valence-corrected chi connectivity index (χ4v) is 4.43. The van der Waals surface area contributed by atoms with Gasteiger partial charge < -0.3 is 4.90 Å². The van der Waals surface area contributed by atoms with E-state index in [4.69, 9.17) is 0 Å². The van der Waals surface area contributed by atoms with Crippen LogP contribution in [0.3, 0.4) is 0 Å². The maximum absolute atomic E-state index is 13.7. The van der Waals surface area contributed by atoms with E-state index in [1.165, 1.54) is 19.4 Å². The van der Waals surface area contributed by atoms with E-state index in [-0.39, 0.29) is 16.6 Å². The van der Waals surface area contributed by atoms with E-state index in [2.05, 4.69) is 25.1 Å². The van der Waals surface area contributed by atoms with Gasteiger partial charge in [-0.3, -0.25) is 10.2 Å². The molecule has 1 fully saturated rings. The van der Waals surface area contributed by atoms with E-state index in [1.807, 2.05) is 6.92 Å². The summed E-state index contributed by atoms with van der Waals surface area (Å²) in [6.07, 6.45) is -3.32.